The molecule has 0 aliphatic carbocycles. The molecule has 1 aliphatic heterocycles. The monoisotopic (exact) mass is 383 g/mol. The van der Waals surface area contributed by atoms with Crippen molar-refractivity contribution in [3.63, 3.8) is 0 Å². The highest BCUT2D eigenvalue weighted by atomic mass is 16.2. The summed E-state index contributed by atoms with van der Waals surface area (Å²) >= 11 is 0. The fraction of sp³-hybridized carbons (Fsp3) is 0.217. The Labute approximate surface area is 168 Å². The van der Waals surface area contributed by atoms with Gasteiger partial charge in [0.2, 0.25) is 0 Å². The first-order valence-electron chi connectivity index (χ1n) is 9.84. The highest BCUT2D eigenvalue weighted by molar-refractivity contribution is 5.93. The van der Waals surface area contributed by atoms with Crippen LogP contribution in [0.1, 0.15) is 16.1 Å². The van der Waals surface area contributed by atoms with E-state index >= 15 is 0 Å². The second kappa shape index (κ2) is 7.56. The Hall–Kier alpha value is -3.38. The van der Waals surface area contributed by atoms with Crippen molar-refractivity contribution in [2.45, 2.75) is 6.54 Å². The van der Waals surface area contributed by atoms with Gasteiger partial charge in [-0.1, -0.05) is 36.4 Å². The zero-order chi connectivity index (χ0) is 19.6. The van der Waals surface area contributed by atoms with Crippen molar-refractivity contribution >= 4 is 27.8 Å². The number of nitrogens with zero attached hydrogens (tertiary/aromatic N) is 5. The quantitative estimate of drug-likeness (QED) is 0.544. The summed E-state index contributed by atoms with van der Waals surface area (Å²) in [6.07, 6.45) is 3.42. The molecule has 0 unspecified atom stereocenters. The number of benzene rings is 2. The Kier molecular flexibility index (Phi) is 4.62. The summed E-state index contributed by atoms with van der Waals surface area (Å²) in [6.45, 7) is 3.87. The molecule has 2 aromatic carbocycles. The van der Waals surface area contributed by atoms with Gasteiger partial charge in [0, 0.05) is 44.3 Å². The number of rotatable bonds is 3. The number of hydrogen-bond donors (Lipinski definition) is 0. The van der Waals surface area contributed by atoms with Crippen molar-refractivity contribution in [2.24, 2.45) is 0 Å². The Morgan fingerprint density at radius 2 is 1.66 bits per heavy atom. The average Bonchev–Trinajstić information content (AvgIpc) is 2.79. The van der Waals surface area contributed by atoms with Crippen molar-refractivity contribution in [3.8, 4) is 0 Å². The van der Waals surface area contributed by atoms with E-state index in [1.165, 1.54) is 5.56 Å². The molecular formula is C23H21N5O. The van der Waals surface area contributed by atoms with Gasteiger partial charge in [0.05, 0.1) is 22.7 Å². The molecule has 0 bridgehead atoms. The van der Waals surface area contributed by atoms with E-state index in [2.05, 4.69) is 44.1 Å². The molecular weight excluding hydrogens is 362 g/mol. The van der Waals surface area contributed by atoms with Crippen molar-refractivity contribution in [2.75, 3.05) is 26.2 Å². The molecule has 0 saturated carbocycles. The number of pyridine rings is 1. The predicted molar refractivity (Wildman–Crippen MR) is 112 cm³/mol. The zero-order valence-electron chi connectivity index (χ0n) is 16.0. The molecule has 2 aromatic heterocycles. The number of hydrogen-bond acceptors (Lipinski definition) is 5. The van der Waals surface area contributed by atoms with Crippen molar-refractivity contribution in [1.29, 1.82) is 0 Å². The van der Waals surface area contributed by atoms with Gasteiger partial charge >= 0.3 is 0 Å². The van der Waals surface area contributed by atoms with Crippen molar-refractivity contribution in [1.82, 2.24) is 24.8 Å². The van der Waals surface area contributed by atoms with Gasteiger partial charge in [-0.3, -0.25) is 19.7 Å². The van der Waals surface area contributed by atoms with E-state index < -0.39 is 0 Å². The van der Waals surface area contributed by atoms with Gasteiger partial charge in [-0.05, 0) is 23.8 Å². The molecule has 1 aliphatic rings. The lowest BCUT2D eigenvalue weighted by Crippen LogP contribution is -2.48. The minimum absolute atomic E-state index is 0.0465. The third-order valence-corrected chi connectivity index (χ3v) is 5.44. The summed E-state index contributed by atoms with van der Waals surface area (Å²) < 4.78 is 0. The summed E-state index contributed by atoms with van der Waals surface area (Å²) in [5.74, 6) is -0.0465. The molecule has 0 radical (unpaired) electrons. The Balaban J connectivity index is 1.26. The largest absolute Gasteiger partial charge is 0.335 e. The lowest BCUT2D eigenvalue weighted by Gasteiger charge is -2.34. The average molecular weight is 383 g/mol. The first-order valence-corrected chi connectivity index (χ1v) is 9.84. The van der Waals surface area contributed by atoms with E-state index in [0.29, 0.717) is 18.8 Å². The smallest absolute Gasteiger partial charge is 0.274 e. The maximum atomic E-state index is 12.9. The second-order valence-electron chi connectivity index (χ2n) is 7.30. The third-order valence-electron chi connectivity index (χ3n) is 5.44. The fourth-order valence-electron chi connectivity index (χ4n) is 3.87. The highest BCUT2D eigenvalue weighted by Crippen LogP contribution is 2.19. The van der Waals surface area contributed by atoms with E-state index in [4.69, 9.17) is 0 Å². The number of carbonyl (C=O) groups excluding carboxylic acids is 1. The molecule has 6 nitrogen and oxygen atoms in total. The molecule has 1 amide bonds. The Morgan fingerprint density at radius 3 is 2.52 bits per heavy atom. The molecule has 0 N–H and O–H groups in total. The summed E-state index contributed by atoms with van der Waals surface area (Å²) in [5.41, 5.74) is 4.25. The number of fused-ring (bicyclic) bond motifs is 2. The number of carbonyl (C=O) groups is 1. The number of para-hydroxylation sites is 3. The second-order valence-corrected chi connectivity index (χ2v) is 7.30. The van der Waals surface area contributed by atoms with Crippen LogP contribution in [0.3, 0.4) is 0 Å². The summed E-state index contributed by atoms with van der Waals surface area (Å²) in [4.78, 5) is 30.5. The van der Waals surface area contributed by atoms with Crippen LogP contribution in [0.15, 0.2) is 67.0 Å². The SMILES string of the molecule is O=C(c1cnc2ccccc2n1)N1CCN(Cc2cccc3cccnc23)CC1. The van der Waals surface area contributed by atoms with Crippen LogP contribution in [0.25, 0.3) is 21.9 Å². The van der Waals surface area contributed by atoms with E-state index in [1.807, 2.05) is 41.4 Å². The molecule has 5 rings (SSSR count). The maximum absolute atomic E-state index is 12.9. The topological polar surface area (TPSA) is 62.2 Å². The van der Waals surface area contributed by atoms with E-state index in [9.17, 15) is 4.79 Å². The van der Waals surface area contributed by atoms with Crippen LogP contribution in [-0.4, -0.2) is 56.8 Å². The van der Waals surface area contributed by atoms with Crippen LogP contribution < -0.4 is 0 Å². The van der Waals surface area contributed by atoms with E-state index in [0.717, 1.165) is 41.6 Å². The minimum Gasteiger partial charge on any atom is -0.335 e. The maximum Gasteiger partial charge on any atom is 0.274 e. The minimum atomic E-state index is -0.0465. The fourth-order valence-corrected chi connectivity index (χ4v) is 3.87. The molecule has 1 saturated heterocycles. The van der Waals surface area contributed by atoms with Crippen LogP contribution in [0.2, 0.25) is 0 Å². The number of piperazine rings is 1. The zero-order valence-corrected chi connectivity index (χ0v) is 16.0. The van der Waals surface area contributed by atoms with Crippen molar-refractivity contribution < 1.29 is 4.79 Å². The van der Waals surface area contributed by atoms with Gasteiger partial charge in [-0.2, -0.15) is 0 Å². The first-order chi connectivity index (χ1) is 14.3. The molecule has 29 heavy (non-hydrogen) atoms. The molecule has 3 heterocycles. The van der Waals surface area contributed by atoms with Crippen LogP contribution in [0.5, 0.6) is 0 Å². The van der Waals surface area contributed by atoms with Gasteiger partial charge in [-0.25, -0.2) is 4.98 Å². The highest BCUT2D eigenvalue weighted by Gasteiger charge is 2.23. The summed E-state index contributed by atoms with van der Waals surface area (Å²) in [6, 6.07) is 18.0. The lowest BCUT2D eigenvalue weighted by atomic mass is 10.1. The normalized spacial score (nSPS) is 15.1. The van der Waals surface area contributed by atoms with Crippen LogP contribution in [-0.2, 0) is 6.54 Å². The molecule has 6 heteroatoms. The van der Waals surface area contributed by atoms with Gasteiger partial charge in [0.25, 0.3) is 5.91 Å². The number of amides is 1. The van der Waals surface area contributed by atoms with Gasteiger partial charge in [0.1, 0.15) is 5.69 Å². The number of aromatic nitrogens is 3. The first kappa shape index (κ1) is 17.7. The Bertz CT molecular complexity index is 1180. The van der Waals surface area contributed by atoms with E-state index in [-0.39, 0.29) is 5.91 Å². The lowest BCUT2D eigenvalue weighted by molar-refractivity contribution is 0.0623. The predicted octanol–water partition coefficient (Wildman–Crippen LogP) is 3.14. The third kappa shape index (κ3) is 3.54. The van der Waals surface area contributed by atoms with Crippen molar-refractivity contribution in [3.05, 3.63) is 78.2 Å². The molecule has 0 atom stereocenters. The van der Waals surface area contributed by atoms with Gasteiger partial charge in [-0.15, -0.1) is 0 Å². The molecule has 1 fully saturated rings. The van der Waals surface area contributed by atoms with E-state index in [1.54, 1.807) is 6.20 Å². The molecule has 144 valence electrons. The van der Waals surface area contributed by atoms with Crippen LogP contribution in [0, 0.1) is 0 Å². The molecule has 4 aromatic rings. The standard InChI is InChI=1S/C23H21N5O/c29-23(21-15-25-19-8-1-2-9-20(19)26-21)28-13-11-27(12-14-28)16-18-6-3-5-17-7-4-10-24-22(17)18/h1-10,15H,11-14,16H2. The van der Waals surface area contributed by atoms with Gasteiger partial charge in [0.15, 0.2) is 0 Å². The molecule has 0 spiro atoms. The van der Waals surface area contributed by atoms with Crippen LogP contribution in [0.4, 0.5) is 0 Å². The Morgan fingerprint density at radius 1 is 0.862 bits per heavy atom. The summed E-state index contributed by atoms with van der Waals surface area (Å²) in [5, 5.41) is 1.16. The van der Waals surface area contributed by atoms with Gasteiger partial charge < -0.3 is 4.90 Å². The summed E-state index contributed by atoms with van der Waals surface area (Å²) in [7, 11) is 0. The van der Waals surface area contributed by atoms with Crippen LogP contribution >= 0.6 is 0 Å².